The fourth-order valence-corrected chi connectivity index (χ4v) is 6.52. The molecule has 1 heterocycles. The molecule has 0 aliphatic heterocycles. The van der Waals surface area contributed by atoms with Gasteiger partial charge in [-0.2, -0.15) is 11.8 Å². The van der Waals surface area contributed by atoms with Crippen molar-refractivity contribution in [3.8, 4) is 0 Å². The predicted molar refractivity (Wildman–Crippen MR) is 84.9 cm³/mol. The molecule has 0 bridgehead atoms. The summed E-state index contributed by atoms with van der Waals surface area (Å²) in [5.74, 6) is 0. The van der Waals surface area contributed by atoms with E-state index in [4.69, 9.17) is 0 Å². The molecule has 1 aliphatic rings. The van der Waals surface area contributed by atoms with Crippen LogP contribution < -0.4 is 4.72 Å². The van der Waals surface area contributed by atoms with Gasteiger partial charge in [-0.05, 0) is 37.0 Å². The molecule has 0 amide bonds. The van der Waals surface area contributed by atoms with Crippen LogP contribution >= 0.6 is 23.1 Å². The highest BCUT2D eigenvalue weighted by molar-refractivity contribution is 8.00. The molecule has 1 aromatic heterocycles. The van der Waals surface area contributed by atoms with Crippen LogP contribution in [0.3, 0.4) is 0 Å². The molecular weight excluding hydrogens is 314 g/mol. The second-order valence-corrected chi connectivity index (χ2v) is 9.19. The summed E-state index contributed by atoms with van der Waals surface area (Å²) in [6.45, 7) is 2.00. The van der Waals surface area contributed by atoms with E-state index in [0.29, 0.717) is 17.0 Å². The molecule has 0 spiro atoms. The van der Waals surface area contributed by atoms with Crippen LogP contribution in [0, 0.1) is 6.92 Å². The molecule has 4 nitrogen and oxygen atoms in total. The lowest BCUT2D eigenvalue weighted by atomic mass is 10.1. The van der Waals surface area contributed by atoms with Crippen LogP contribution in [0.5, 0.6) is 0 Å². The number of aliphatic hydroxyl groups excluding tert-OH is 1. The largest absolute Gasteiger partial charge is 0.391 e. The van der Waals surface area contributed by atoms with E-state index >= 15 is 0 Å². The molecule has 0 radical (unpaired) electrons. The van der Waals surface area contributed by atoms with E-state index in [9.17, 15) is 13.5 Å². The molecule has 7 heteroatoms. The molecule has 0 saturated heterocycles. The van der Waals surface area contributed by atoms with Gasteiger partial charge < -0.3 is 5.11 Å². The molecule has 2 N–H and O–H groups in total. The van der Waals surface area contributed by atoms with Gasteiger partial charge in [0, 0.05) is 11.3 Å². The van der Waals surface area contributed by atoms with Gasteiger partial charge in [0.05, 0.1) is 11.5 Å². The van der Waals surface area contributed by atoms with E-state index in [-0.39, 0.29) is 16.2 Å². The maximum absolute atomic E-state index is 12.5. The molecule has 1 aliphatic carbocycles. The summed E-state index contributed by atoms with van der Waals surface area (Å²) in [6, 6.07) is 0. The quantitative estimate of drug-likeness (QED) is 0.838. The minimum absolute atomic E-state index is 0.0381. The number of hydrogen-bond acceptors (Lipinski definition) is 5. The van der Waals surface area contributed by atoms with Gasteiger partial charge in [-0.15, -0.1) is 11.3 Å². The lowest BCUT2D eigenvalue weighted by Crippen LogP contribution is -2.38. The minimum Gasteiger partial charge on any atom is -0.391 e. The van der Waals surface area contributed by atoms with Crippen LogP contribution in [-0.4, -0.2) is 31.1 Å². The van der Waals surface area contributed by atoms with Crippen molar-refractivity contribution in [3.63, 3.8) is 0 Å². The monoisotopic (exact) mass is 335 g/mol. The third-order valence-electron chi connectivity index (χ3n) is 3.93. The van der Waals surface area contributed by atoms with Crippen molar-refractivity contribution < 1.29 is 13.5 Å². The van der Waals surface area contributed by atoms with Crippen LogP contribution in [0.1, 0.15) is 36.1 Å². The number of thiophene rings is 1. The van der Waals surface area contributed by atoms with E-state index in [1.807, 2.05) is 0 Å². The van der Waals surface area contributed by atoms with Crippen molar-refractivity contribution >= 4 is 33.1 Å². The van der Waals surface area contributed by atoms with Crippen molar-refractivity contribution in [2.45, 2.75) is 48.9 Å². The van der Waals surface area contributed by atoms with Gasteiger partial charge in [0.25, 0.3) is 0 Å². The lowest BCUT2D eigenvalue weighted by molar-refractivity contribution is 0.282. The summed E-state index contributed by atoms with van der Waals surface area (Å²) in [5, 5.41) is 11.1. The smallest absolute Gasteiger partial charge is 0.242 e. The second-order valence-electron chi connectivity index (χ2n) is 5.25. The average molecular weight is 336 g/mol. The lowest BCUT2D eigenvalue weighted by Gasteiger charge is -2.26. The Labute approximate surface area is 129 Å². The van der Waals surface area contributed by atoms with Gasteiger partial charge >= 0.3 is 0 Å². The van der Waals surface area contributed by atoms with Crippen molar-refractivity contribution in [2.24, 2.45) is 0 Å². The zero-order chi connectivity index (χ0) is 14.8. The minimum atomic E-state index is -3.54. The maximum Gasteiger partial charge on any atom is 0.242 e. The number of nitrogens with one attached hydrogen (secondary N) is 1. The second kappa shape index (κ2) is 6.36. The summed E-state index contributed by atoms with van der Waals surface area (Å²) in [4.78, 5) is 0.777. The van der Waals surface area contributed by atoms with Gasteiger partial charge in [0.2, 0.25) is 10.0 Å². The first-order valence-corrected chi connectivity index (χ1v) is 10.3. The molecule has 2 rings (SSSR count). The fourth-order valence-electron chi connectivity index (χ4n) is 2.73. The van der Waals surface area contributed by atoms with Crippen LogP contribution in [0.15, 0.2) is 10.3 Å². The van der Waals surface area contributed by atoms with Gasteiger partial charge in [-0.1, -0.05) is 12.8 Å². The number of aryl methyl sites for hydroxylation is 1. The highest BCUT2D eigenvalue weighted by Crippen LogP contribution is 2.40. The first kappa shape index (κ1) is 16.3. The summed E-state index contributed by atoms with van der Waals surface area (Å²) in [7, 11) is -3.54. The molecule has 114 valence electrons. The Morgan fingerprint density at radius 3 is 2.65 bits per heavy atom. The summed E-state index contributed by atoms with van der Waals surface area (Å²) >= 11 is 3.05. The van der Waals surface area contributed by atoms with E-state index < -0.39 is 10.0 Å². The van der Waals surface area contributed by atoms with Crippen LogP contribution in [0.25, 0.3) is 0 Å². The molecule has 1 saturated carbocycles. The first-order chi connectivity index (χ1) is 9.44. The Balaban J connectivity index is 2.17. The standard InChI is InChI=1S/C13H21NO3S3/c1-10-8-19-11(7-15)12(10)20(16,17)14-9-13(18-2)5-3-4-6-13/h8,14-15H,3-7,9H2,1-2H3. The third kappa shape index (κ3) is 3.22. The van der Waals surface area contributed by atoms with Crippen molar-refractivity contribution in [3.05, 3.63) is 15.8 Å². The molecule has 1 fully saturated rings. The maximum atomic E-state index is 12.5. The fraction of sp³-hybridized carbons (Fsp3) is 0.692. The molecule has 0 atom stereocenters. The Morgan fingerprint density at radius 1 is 1.45 bits per heavy atom. The summed E-state index contributed by atoms with van der Waals surface area (Å²) in [5.41, 5.74) is 0.705. The topological polar surface area (TPSA) is 66.4 Å². The van der Waals surface area contributed by atoms with E-state index in [0.717, 1.165) is 12.8 Å². The van der Waals surface area contributed by atoms with Crippen LogP contribution in [0.2, 0.25) is 0 Å². The SMILES string of the molecule is CSC1(CNS(=O)(=O)c2c(C)csc2CO)CCCC1. The summed E-state index contributed by atoms with van der Waals surface area (Å²) < 4.78 is 27.8. The third-order valence-corrected chi connectivity index (χ3v) is 8.20. The predicted octanol–water partition coefficient (Wildman–Crippen LogP) is 2.50. The summed E-state index contributed by atoms with van der Waals surface area (Å²) in [6.07, 6.45) is 6.51. The van der Waals surface area contributed by atoms with E-state index in [1.165, 1.54) is 24.2 Å². The normalized spacial score (nSPS) is 18.6. The Kier molecular flexibility index (Phi) is 5.18. The Hall–Kier alpha value is -0.0800. The highest BCUT2D eigenvalue weighted by atomic mass is 32.2. The van der Waals surface area contributed by atoms with Crippen molar-refractivity contribution in [1.29, 1.82) is 0 Å². The van der Waals surface area contributed by atoms with E-state index in [1.54, 1.807) is 24.1 Å². The molecule has 1 aromatic rings. The number of aliphatic hydroxyl groups is 1. The Morgan fingerprint density at radius 2 is 2.10 bits per heavy atom. The van der Waals surface area contributed by atoms with Gasteiger partial charge in [0.15, 0.2) is 0 Å². The number of hydrogen-bond donors (Lipinski definition) is 2. The van der Waals surface area contributed by atoms with E-state index in [2.05, 4.69) is 11.0 Å². The number of rotatable bonds is 6. The van der Waals surface area contributed by atoms with Gasteiger partial charge in [0.1, 0.15) is 4.90 Å². The zero-order valence-electron chi connectivity index (χ0n) is 11.8. The molecule has 0 unspecified atom stereocenters. The highest BCUT2D eigenvalue weighted by Gasteiger charge is 2.35. The van der Waals surface area contributed by atoms with Crippen molar-refractivity contribution in [2.75, 3.05) is 12.8 Å². The van der Waals surface area contributed by atoms with Crippen molar-refractivity contribution in [1.82, 2.24) is 4.72 Å². The van der Waals surface area contributed by atoms with Gasteiger partial charge in [-0.25, -0.2) is 13.1 Å². The first-order valence-electron chi connectivity index (χ1n) is 6.67. The van der Waals surface area contributed by atoms with Crippen LogP contribution in [0.4, 0.5) is 0 Å². The van der Waals surface area contributed by atoms with Crippen LogP contribution in [-0.2, 0) is 16.6 Å². The Bertz CT molecular complexity index is 559. The van der Waals surface area contributed by atoms with Gasteiger partial charge in [-0.3, -0.25) is 0 Å². The molecule has 20 heavy (non-hydrogen) atoms. The average Bonchev–Trinajstić information content (AvgIpc) is 3.04. The molecule has 0 aromatic carbocycles. The number of sulfonamides is 1. The number of thioether (sulfide) groups is 1. The molecular formula is C13H21NO3S3. The zero-order valence-corrected chi connectivity index (χ0v) is 14.3.